The van der Waals surface area contributed by atoms with Gasteiger partial charge in [-0.05, 0) is 73.2 Å². The summed E-state index contributed by atoms with van der Waals surface area (Å²) in [5.74, 6) is 0. The summed E-state index contributed by atoms with van der Waals surface area (Å²) in [6.45, 7) is 8.80. The van der Waals surface area contributed by atoms with Crippen molar-refractivity contribution in [2.24, 2.45) is 0 Å². The van der Waals surface area contributed by atoms with Gasteiger partial charge in [0.15, 0.2) is 0 Å². The summed E-state index contributed by atoms with van der Waals surface area (Å²) >= 11 is 0. The molecule has 0 heterocycles. The molecule has 2 aromatic carbocycles. The lowest BCUT2D eigenvalue weighted by Crippen LogP contribution is -1.96. The van der Waals surface area contributed by atoms with E-state index in [0.717, 1.165) is 5.69 Å². The van der Waals surface area contributed by atoms with Crippen molar-refractivity contribution >= 4 is 5.69 Å². The zero-order chi connectivity index (χ0) is 13.3. The van der Waals surface area contributed by atoms with Crippen LogP contribution in [0.4, 0.5) is 5.69 Å². The zero-order valence-electron chi connectivity index (χ0n) is 11.9. The highest BCUT2D eigenvalue weighted by atomic mass is 14.8. The van der Waals surface area contributed by atoms with E-state index in [1.165, 1.54) is 33.4 Å². The van der Waals surface area contributed by atoms with Crippen LogP contribution >= 0.6 is 0 Å². The van der Waals surface area contributed by atoms with Gasteiger partial charge in [0.25, 0.3) is 0 Å². The third kappa shape index (κ3) is 2.13. The van der Waals surface area contributed by atoms with Gasteiger partial charge in [-0.3, -0.25) is 0 Å². The Balaban J connectivity index is 2.70. The van der Waals surface area contributed by atoms with E-state index >= 15 is 0 Å². The molecule has 1 nitrogen and oxygen atoms in total. The second-order valence-electron chi connectivity index (χ2n) is 4.97. The fourth-order valence-corrected chi connectivity index (χ4v) is 2.48. The van der Waals surface area contributed by atoms with Crippen LogP contribution in [0.25, 0.3) is 11.1 Å². The van der Waals surface area contributed by atoms with Gasteiger partial charge in [0, 0.05) is 12.7 Å². The van der Waals surface area contributed by atoms with E-state index in [1.807, 2.05) is 7.05 Å². The van der Waals surface area contributed by atoms with Crippen LogP contribution in [0.2, 0.25) is 0 Å². The normalized spacial score (nSPS) is 10.5. The number of nitrogens with one attached hydrogen (secondary N) is 1. The smallest absolute Gasteiger partial charge is 0.0343 e. The first-order valence-corrected chi connectivity index (χ1v) is 6.40. The van der Waals surface area contributed by atoms with Gasteiger partial charge in [-0.1, -0.05) is 18.2 Å². The molecule has 94 valence electrons. The molecule has 2 rings (SSSR count). The maximum Gasteiger partial charge on any atom is 0.0343 e. The fourth-order valence-electron chi connectivity index (χ4n) is 2.48. The predicted molar refractivity (Wildman–Crippen MR) is 80.4 cm³/mol. The summed E-state index contributed by atoms with van der Waals surface area (Å²) < 4.78 is 0. The van der Waals surface area contributed by atoms with Crippen LogP contribution < -0.4 is 5.32 Å². The van der Waals surface area contributed by atoms with Crippen LogP contribution in [0, 0.1) is 27.7 Å². The highest BCUT2D eigenvalue weighted by Gasteiger charge is 2.10. The molecule has 0 atom stereocenters. The highest BCUT2D eigenvalue weighted by molar-refractivity contribution is 5.75. The van der Waals surface area contributed by atoms with Gasteiger partial charge in [-0.25, -0.2) is 0 Å². The Morgan fingerprint density at radius 3 is 2.00 bits per heavy atom. The Hall–Kier alpha value is -1.76. The molecule has 0 unspecified atom stereocenters. The molecule has 18 heavy (non-hydrogen) atoms. The molecule has 0 bridgehead atoms. The zero-order valence-corrected chi connectivity index (χ0v) is 11.9. The van der Waals surface area contributed by atoms with Crippen molar-refractivity contribution in [2.45, 2.75) is 27.7 Å². The van der Waals surface area contributed by atoms with E-state index in [2.05, 4.69) is 63.3 Å². The van der Waals surface area contributed by atoms with Crippen molar-refractivity contribution in [1.29, 1.82) is 0 Å². The number of benzene rings is 2. The molecule has 2 aromatic rings. The van der Waals surface area contributed by atoms with Gasteiger partial charge in [0.2, 0.25) is 0 Å². The first-order chi connectivity index (χ1) is 8.54. The average Bonchev–Trinajstić information content (AvgIpc) is 2.37. The van der Waals surface area contributed by atoms with Crippen molar-refractivity contribution in [3.05, 3.63) is 52.6 Å². The third-order valence-corrected chi connectivity index (χ3v) is 3.81. The number of anilines is 1. The van der Waals surface area contributed by atoms with E-state index < -0.39 is 0 Å². The number of aryl methyl sites for hydroxylation is 2. The largest absolute Gasteiger partial charge is 0.388 e. The molecule has 0 saturated heterocycles. The molecule has 0 aliphatic heterocycles. The molecule has 0 aliphatic rings. The number of rotatable bonds is 2. The van der Waals surface area contributed by atoms with Crippen LogP contribution in [0.3, 0.4) is 0 Å². The third-order valence-electron chi connectivity index (χ3n) is 3.81. The summed E-state index contributed by atoms with van der Waals surface area (Å²) in [5, 5.41) is 3.21. The van der Waals surface area contributed by atoms with E-state index in [9.17, 15) is 0 Å². The summed E-state index contributed by atoms with van der Waals surface area (Å²) in [7, 11) is 1.96. The van der Waals surface area contributed by atoms with Crippen LogP contribution in [-0.2, 0) is 0 Å². The van der Waals surface area contributed by atoms with Crippen molar-refractivity contribution in [3.8, 4) is 11.1 Å². The van der Waals surface area contributed by atoms with Gasteiger partial charge in [-0.2, -0.15) is 0 Å². The highest BCUT2D eigenvalue weighted by Crippen LogP contribution is 2.32. The molecule has 0 aromatic heterocycles. The Kier molecular flexibility index (Phi) is 3.42. The van der Waals surface area contributed by atoms with E-state index in [4.69, 9.17) is 0 Å². The van der Waals surface area contributed by atoms with Gasteiger partial charge in [0.05, 0.1) is 0 Å². The summed E-state index contributed by atoms with van der Waals surface area (Å²) in [6.07, 6.45) is 0. The first-order valence-electron chi connectivity index (χ1n) is 6.40. The molecule has 0 saturated carbocycles. The Morgan fingerprint density at radius 1 is 0.833 bits per heavy atom. The van der Waals surface area contributed by atoms with Crippen LogP contribution in [-0.4, -0.2) is 7.05 Å². The minimum atomic E-state index is 1.16. The Labute approximate surface area is 110 Å². The molecule has 1 heteroatoms. The SMILES string of the molecule is CNc1cccc(-c2c(C)c(C)cc(C)c2C)c1. The summed E-state index contributed by atoms with van der Waals surface area (Å²) in [4.78, 5) is 0. The minimum Gasteiger partial charge on any atom is -0.388 e. The van der Waals surface area contributed by atoms with Crippen LogP contribution in [0.5, 0.6) is 0 Å². The van der Waals surface area contributed by atoms with Gasteiger partial charge < -0.3 is 5.32 Å². The van der Waals surface area contributed by atoms with Crippen molar-refractivity contribution in [1.82, 2.24) is 0 Å². The van der Waals surface area contributed by atoms with Crippen LogP contribution in [0.1, 0.15) is 22.3 Å². The molecule has 0 spiro atoms. The molecule has 0 radical (unpaired) electrons. The molecule has 0 fully saturated rings. The Morgan fingerprint density at radius 2 is 1.44 bits per heavy atom. The maximum atomic E-state index is 3.21. The predicted octanol–water partition coefficient (Wildman–Crippen LogP) is 4.63. The van der Waals surface area contributed by atoms with E-state index in [-0.39, 0.29) is 0 Å². The lowest BCUT2D eigenvalue weighted by molar-refractivity contribution is 1.24. The van der Waals surface area contributed by atoms with Crippen molar-refractivity contribution < 1.29 is 0 Å². The second kappa shape index (κ2) is 4.85. The standard InChI is InChI=1S/C17H21N/c1-11-9-12(2)14(4)17(13(11)3)15-7-6-8-16(10-15)18-5/h6-10,18H,1-5H3. The van der Waals surface area contributed by atoms with Crippen molar-refractivity contribution in [3.63, 3.8) is 0 Å². The van der Waals surface area contributed by atoms with E-state index in [1.54, 1.807) is 0 Å². The molecule has 1 N–H and O–H groups in total. The number of hydrogen-bond donors (Lipinski definition) is 1. The quantitative estimate of drug-likeness (QED) is 0.805. The van der Waals surface area contributed by atoms with Crippen LogP contribution in [0.15, 0.2) is 30.3 Å². The van der Waals surface area contributed by atoms with E-state index in [0.29, 0.717) is 0 Å². The van der Waals surface area contributed by atoms with Gasteiger partial charge >= 0.3 is 0 Å². The first kappa shape index (κ1) is 12.7. The molecular weight excluding hydrogens is 218 g/mol. The molecular formula is C17H21N. The van der Waals surface area contributed by atoms with Gasteiger partial charge in [-0.15, -0.1) is 0 Å². The summed E-state index contributed by atoms with van der Waals surface area (Å²) in [5.41, 5.74) is 9.32. The fraction of sp³-hybridized carbons (Fsp3) is 0.294. The second-order valence-corrected chi connectivity index (χ2v) is 4.97. The lowest BCUT2D eigenvalue weighted by Gasteiger charge is -2.16. The average molecular weight is 239 g/mol. The lowest BCUT2D eigenvalue weighted by atomic mass is 9.89. The number of hydrogen-bond acceptors (Lipinski definition) is 1. The minimum absolute atomic E-state index is 1.16. The molecule has 0 amide bonds. The Bertz CT molecular complexity index is 556. The monoisotopic (exact) mass is 239 g/mol. The van der Waals surface area contributed by atoms with Crippen molar-refractivity contribution in [2.75, 3.05) is 12.4 Å². The topological polar surface area (TPSA) is 12.0 Å². The van der Waals surface area contributed by atoms with Gasteiger partial charge in [0.1, 0.15) is 0 Å². The summed E-state index contributed by atoms with van der Waals surface area (Å²) in [6, 6.07) is 10.9. The maximum absolute atomic E-state index is 3.21. The molecule has 0 aliphatic carbocycles.